The smallest absolute Gasteiger partial charge is 0.416 e. The van der Waals surface area contributed by atoms with E-state index in [0.717, 1.165) is 0 Å². The molecule has 0 aliphatic carbocycles. The quantitative estimate of drug-likeness (QED) is 0.121. The molecular formula is C35H29BrF6N2O4. The molecule has 13 heteroatoms. The average Bonchev–Trinajstić information content (AvgIpc) is 3.45. The van der Waals surface area contributed by atoms with Gasteiger partial charge in [-0.2, -0.15) is 26.3 Å². The highest BCUT2D eigenvalue weighted by Crippen LogP contribution is 2.44. The lowest BCUT2D eigenvalue weighted by Crippen LogP contribution is -2.49. The van der Waals surface area contributed by atoms with E-state index >= 15 is 0 Å². The fourth-order valence-corrected chi connectivity index (χ4v) is 5.72. The zero-order valence-electron chi connectivity index (χ0n) is 25.1. The van der Waals surface area contributed by atoms with E-state index in [1.54, 1.807) is 78.9 Å². The van der Waals surface area contributed by atoms with E-state index in [4.69, 9.17) is 19.6 Å². The number of carbonyl (C=O) groups is 1. The number of rotatable bonds is 11. The number of amides is 1. The molecule has 0 saturated carbocycles. The van der Waals surface area contributed by atoms with Crippen LogP contribution in [0.25, 0.3) is 0 Å². The van der Waals surface area contributed by atoms with Crippen molar-refractivity contribution in [2.45, 2.75) is 43.4 Å². The Hall–Kier alpha value is -4.36. The summed E-state index contributed by atoms with van der Waals surface area (Å²) in [7, 11) is 0. The number of alkyl halides is 6. The van der Waals surface area contributed by atoms with E-state index in [2.05, 4.69) is 21.2 Å². The molecule has 0 unspecified atom stereocenters. The number of carbonyl (C=O) groups excluding carboxylic acids is 1. The largest absolute Gasteiger partial charge is 0.494 e. The topological polar surface area (TPSA) is 80.2 Å². The molecule has 4 aromatic carbocycles. The number of nitrogens with zero attached hydrogens (tertiary/aromatic N) is 1. The van der Waals surface area contributed by atoms with Gasteiger partial charge in [0.05, 0.1) is 17.7 Å². The Morgan fingerprint density at radius 3 is 2.12 bits per heavy atom. The van der Waals surface area contributed by atoms with Crippen LogP contribution in [0.15, 0.2) is 107 Å². The first kappa shape index (κ1) is 35.0. The minimum atomic E-state index is -5.04. The van der Waals surface area contributed by atoms with Crippen LogP contribution in [0.2, 0.25) is 0 Å². The maximum atomic E-state index is 14.4. The van der Waals surface area contributed by atoms with Crippen molar-refractivity contribution in [2.75, 3.05) is 13.2 Å². The molecule has 0 radical (unpaired) electrons. The molecule has 1 amide bonds. The van der Waals surface area contributed by atoms with Gasteiger partial charge >= 0.3 is 12.4 Å². The standard InChI is InChI=1S/C35H29BrF6N2O4/c36-29-10-5-4-9-25(29)20-33(32(46)43-21-22-17-26(34(37,38)39)19-27(18-22)35(40,41)42)30(23-7-2-1-3-8-23)48-31(44-33)24-11-13-28(14-12-24)47-16-6-15-45/h1-5,7-14,17-19,30,45H,6,15-16,20-21H2,(H,43,46)/t30-,33-/m1/s1. The van der Waals surface area contributed by atoms with Crippen LogP contribution < -0.4 is 10.1 Å². The third kappa shape index (κ3) is 8.01. The van der Waals surface area contributed by atoms with E-state index in [-0.39, 0.29) is 25.0 Å². The van der Waals surface area contributed by atoms with Crippen molar-refractivity contribution in [3.8, 4) is 5.75 Å². The number of aliphatic imine (C=N–C) groups is 1. The normalized spacial score (nSPS) is 17.8. The van der Waals surface area contributed by atoms with Gasteiger partial charge in [-0.3, -0.25) is 4.79 Å². The molecule has 48 heavy (non-hydrogen) atoms. The Morgan fingerprint density at radius 2 is 1.52 bits per heavy atom. The van der Waals surface area contributed by atoms with Crippen molar-refractivity contribution in [3.05, 3.63) is 135 Å². The molecule has 6 nitrogen and oxygen atoms in total. The minimum Gasteiger partial charge on any atom is -0.494 e. The van der Waals surface area contributed by atoms with Gasteiger partial charge in [0, 0.05) is 36.0 Å². The predicted molar refractivity (Wildman–Crippen MR) is 169 cm³/mol. The fraction of sp³-hybridized carbons (Fsp3) is 0.257. The second kappa shape index (κ2) is 14.4. The summed E-state index contributed by atoms with van der Waals surface area (Å²) in [5.41, 5.74) is -3.38. The fourth-order valence-electron chi connectivity index (χ4n) is 5.30. The van der Waals surface area contributed by atoms with Crippen LogP contribution in [0.5, 0.6) is 5.75 Å². The highest BCUT2D eigenvalue weighted by molar-refractivity contribution is 9.10. The van der Waals surface area contributed by atoms with Gasteiger partial charge in [0.15, 0.2) is 11.6 Å². The van der Waals surface area contributed by atoms with E-state index < -0.39 is 53.1 Å². The Kier molecular flexibility index (Phi) is 10.5. The summed E-state index contributed by atoms with van der Waals surface area (Å²) in [6, 6.07) is 23.8. The maximum absolute atomic E-state index is 14.4. The number of ether oxygens (including phenoxy) is 2. The third-order valence-electron chi connectivity index (χ3n) is 7.65. The molecule has 1 aliphatic rings. The van der Waals surface area contributed by atoms with E-state index in [9.17, 15) is 31.1 Å². The number of halogens is 7. The van der Waals surface area contributed by atoms with Gasteiger partial charge in [-0.15, -0.1) is 0 Å². The summed E-state index contributed by atoms with van der Waals surface area (Å²) >= 11 is 3.51. The Morgan fingerprint density at radius 1 is 0.896 bits per heavy atom. The molecule has 1 heterocycles. The van der Waals surface area contributed by atoms with Gasteiger partial charge in [0.2, 0.25) is 5.90 Å². The zero-order chi connectivity index (χ0) is 34.5. The van der Waals surface area contributed by atoms with E-state index in [1.165, 1.54) is 0 Å². The van der Waals surface area contributed by atoms with Crippen LogP contribution in [0.4, 0.5) is 26.3 Å². The monoisotopic (exact) mass is 734 g/mol. The Bertz CT molecular complexity index is 1730. The predicted octanol–water partition coefficient (Wildman–Crippen LogP) is 8.06. The number of hydrogen-bond donors (Lipinski definition) is 2. The first-order valence-corrected chi connectivity index (χ1v) is 15.5. The molecule has 1 aliphatic heterocycles. The van der Waals surface area contributed by atoms with Crippen LogP contribution in [0, 0.1) is 0 Å². The van der Waals surface area contributed by atoms with Gasteiger partial charge in [-0.25, -0.2) is 4.99 Å². The van der Waals surface area contributed by atoms with Crippen LogP contribution in [0.3, 0.4) is 0 Å². The lowest BCUT2D eigenvalue weighted by molar-refractivity contribution is -0.143. The molecule has 0 aromatic heterocycles. The summed E-state index contributed by atoms with van der Waals surface area (Å²) in [5, 5.41) is 11.6. The van der Waals surface area contributed by atoms with E-state index in [0.29, 0.717) is 52.1 Å². The average molecular weight is 736 g/mol. The molecule has 2 atom stereocenters. The van der Waals surface area contributed by atoms with Crippen LogP contribution in [-0.4, -0.2) is 35.7 Å². The van der Waals surface area contributed by atoms with Crippen LogP contribution >= 0.6 is 15.9 Å². The van der Waals surface area contributed by atoms with Crippen LogP contribution in [0.1, 0.15) is 45.9 Å². The number of nitrogens with one attached hydrogen (secondary N) is 1. The molecule has 0 saturated heterocycles. The van der Waals surface area contributed by atoms with Gasteiger partial charge < -0.3 is 19.9 Å². The molecule has 0 fully saturated rings. The minimum absolute atomic E-state index is 0.0253. The van der Waals surface area contributed by atoms with E-state index in [1.807, 2.05) is 0 Å². The van der Waals surface area contributed by atoms with Gasteiger partial charge in [0.25, 0.3) is 5.91 Å². The van der Waals surface area contributed by atoms with Crippen molar-refractivity contribution < 1.29 is 45.7 Å². The molecule has 5 rings (SSSR count). The lowest BCUT2D eigenvalue weighted by Gasteiger charge is -2.31. The highest BCUT2D eigenvalue weighted by atomic mass is 79.9. The van der Waals surface area contributed by atoms with Crippen LogP contribution in [-0.2, 0) is 34.8 Å². The van der Waals surface area contributed by atoms with Crippen molar-refractivity contribution in [2.24, 2.45) is 4.99 Å². The third-order valence-corrected chi connectivity index (χ3v) is 8.42. The molecular weight excluding hydrogens is 706 g/mol. The number of hydrogen-bond acceptors (Lipinski definition) is 5. The lowest BCUT2D eigenvalue weighted by atomic mass is 9.82. The molecule has 2 N–H and O–H groups in total. The summed E-state index contributed by atoms with van der Waals surface area (Å²) in [6.07, 6.45) is -10.7. The van der Waals surface area contributed by atoms with Crippen molar-refractivity contribution >= 4 is 27.7 Å². The van der Waals surface area contributed by atoms with Gasteiger partial charge in [-0.05, 0) is 65.2 Å². The first-order valence-electron chi connectivity index (χ1n) is 14.8. The maximum Gasteiger partial charge on any atom is 0.416 e. The number of aliphatic hydroxyl groups excluding tert-OH is 1. The summed E-state index contributed by atoms with van der Waals surface area (Å²) in [6.45, 7) is -0.368. The summed E-state index contributed by atoms with van der Waals surface area (Å²) in [5.74, 6) is -0.134. The molecule has 252 valence electrons. The molecule has 0 bridgehead atoms. The highest BCUT2D eigenvalue weighted by Gasteiger charge is 2.53. The summed E-state index contributed by atoms with van der Waals surface area (Å²) in [4.78, 5) is 19.2. The first-order chi connectivity index (χ1) is 22.8. The SMILES string of the molecule is O=C(NCc1cc(C(F)(F)F)cc(C(F)(F)F)c1)[C@]1(Cc2ccccc2Br)N=C(c2ccc(OCCCO)cc2)O[C@@H]1c1ccccc1. The summed E-state index contributed by atoms with van der Waals surface area (Å²) < 4.78 is 94.0. The van der Waals surface area contributed by atoms with Crippen molar-refractivity contribution in [3.63, 3.8) is 0 Å². The van der Waals surface area contributed by atoms with Crippen molar-refractivity contribution in [1.29, 1.82) is 0 Å². The Balaban J connectivity index is 1.57. The second-order valence-corrected chi connectivity index (χ2v) is 11.9. The Labute approximate surface area is 280 Å². The number of benzene rings is 4. The number of aliphatic hydroxyl groups is 1. The second-order valence-electron chi connectivity index (χ2n) is 11.1. The zero-order valence-corrected chi connectivity index (χ0v) is 26.7. The van der Waals surface area contributed by atoms with Gasteiger partial charge in [0.1, 0.15) is 5.75 Å². The molecule has 4 aromatic rings. The van der Waals surface area contributed by atoms with Gasteiger partial charge in [-0.1, -0.05) is 64.5 Å². The molecule has 0 spiro atoms. The van der Waals surface area contributed by atoms with Crippen molar-refractivity contribution in [1.82, 2.24) is 5.32 Å².